The molecule has 9 heteroatoms. The number of likely N-dealkylation sites (tertiary alicyclic amines) is 1. The van der Waals surface area contributed by atoms with Crippen LogP contribution >= 0.6 is 0 Å². The van der Waals surface area contributed by atoms with Crippen LogP contribution in [0.4, 0.5) is 10.5 Å². The first-order chi connectivity index (χ1) is 23.1. The Labute approximate surface area is 283 Å². The molecule has 6 rings (SSSR count). The van der Waals surface area contributed by atoms with Gasteiger partial charge in [0, 0.05) is 49.9 Å². The molecule has 250 valence electrons. The number of carbonyl (C=O) groups excluding carboxylic acids is 1. The van der Waals surface area contributed by atoms with Gasteiger partial charge in [0.05, 0.1) is 11.1 Å². The summed E-state index contributed by atoms with van der Waals surface area (Å²) in [6.07, 6.45) is 1.48. The number of nitrogens with zero attached hydrogens (tertiary/aromatic N) is 5. The molecule has 0 radical (unpaired) electrons. The molecular weight excluding hydrogens is 602 g/mol. The van der Waals surface area contributed by atoms with E-state index >= 15 is 0 Å². The Kier molecular flexibility index (Phi) is 9.57. The molecule has 1 saturated heterocycles. The van der Waals surface area contributed by atoms with Crippen LogP contribution in [0.2, 0.25) is 0 Å². The summed E-state index contributed by atoms with van der Waals surface area (Å²) in [7, 11) is 4.10. The summed E-state index contributed by atoms with van der Waals surface area (Å²) in [4.78, 5) is 21.8. The Balaban J connectivity index is 1.24. The largest absolute Gasteiger partial charge is 0.473 e. The number of amides is 1. The van der Waals surface area contributed by atoms with E-state index < -0.39 is 5.60 Å². The molecule has 1 amide bonds. The van der Waals surface area contributed by atoms with Gasteiger partial charge in [0.15, 0.2) is 0 Å². The molecule has 0 N–H and O–H groups in total. The highest BCUT2D eigenvalue weighted by Crippen LogP contribution is 2.37. The Morgan fingerprint density at radius 2 is 1.58 bits per heavy atom. The Hall–Kier alpha value is -5.05. The van der Waals surface area contributed by atoms with Crippen molar-refractivity contribution in [3.63, 3.8) is 0 Å². The van der Waals surface area contributed by atoms with Gasteiger partial charge in [-0.05, 0) is 75.9 Å². The van der Waals surface area contributed by atoms with Crippen molar-refractivity contribution in [1.29, 1.82) is 0 Å². The van der Waals surface area contributed by atoms with E-state index in [1.807, 2.05) is 110 Å². The number of anilines is 1. The number of pyridine rings is 1. The van der Waals surface area contributed by atoms with Gasteiger partial charge in [0.25, 0.3) is 0 Å². The van der Waals surface area contributed by atoms with Crippen molar-refractivity contribution >= 4 is 22.7 Å². The van der Waals surface area contributed by atoms with E-state index in [4.69, 9.17) is 24.3 Å². The summed E-state index contributed by atoms with van der Waals surface area (Å²) in [5.41, 5.74) is 5.31. The fourth-order valence-corrected chi connectivity index (χ4v) is 6.22. The molecule has 2 aromatic heterocycles. The van der Waals surface area contributed by atoms with Crippen LogP contribution in [0.25, 0.3) is 22.2 Å². The number of ether oxygens (including phenoxy) is 3. The van der Waals surface area contributed by atoms with Crippen LogP contribution in [0.5, 0.6) is 11.8 Å². The lowest BCUT2D eigenvalue weighted by molar-refractivity contribution is 0.0105. The smallest absolute Gasteiger partial charge is 0.410 e. The standard InChI is InChI=1S/C39H45N5O4/c1-27-23-31(21-22-44(27)38(45)48-39(2,3)4)42(5)30-17-18-32-34(24-30)43(6)41-36(32)33-19-20-35(46-25-28-13-9-7-10-14-28)40-37(33)47-26-29-15-11-8-12-16-29/h7-20,24,27,31H,21-23,25-26H2,1-6H3/t27-,31+/m0/s1. The molecule has 3 aromatic carbocycles. The number of rotatable bonds is 9. The second-order valence-electron chi connectivity index (χ2n) is 13.5. The van der Waals surface area contributed by atoms with Crippen LogP contribution in [0.3, 0.4) is 0 Å². The van der Waals surface area contributed by atoms with Crippen molar-refractivity contribution < 1.29 is 19.0 Å². The van der Waals surface area contributed by atoms with Crippen LogP contribution < -0.4 is 14.4 Å². The van der Waals surface area contributed by atoms with Crippen LogP contribution in [-0.4, -0.2) is 57.0 Å². The number of hydrogen-bond donors (Lipinski definition) is 0. The number of hydrogen-bond acceptors (Lipinski definition) is 7. The first-order valence-corrected chi connectivity index (χ1v) is 16.6. The van der Waals surface area contributed by atoms with Crippen molar-refractivity contribution in [1.82, 2.24) is 19.7 Å². The molecule has 0 spiro atoms. The van der Waals surface area contributed by atoms with Crippen molar-refractivity contribution in [3.8, 4) is 23.0 Å². The van der Waals surface area contributed by atoms with Crippen LogP contribution in [0.15, 0.2) is 91.0 Å². The highest BCUT2D eigenvalue weighted by Gasteiger charge is 2.33. The number of carbonyl (C=O) groups is 1. The lowest BCUT2D eigenvalue weighted by atomic mass is 9.97. The molecule has 2 atom stereocenters. The van der Waals surface area contributed by atoms with E-state index in [2.05, 4.69) is 37.1 Å². The summed E-state index contributed by atoms with van der Waals surface area (Å²) in [6.45, 7) is 9.25. The van der Waals surface area contributed by atoms with E-state index in [0.717, 1.165) is 51.8 Å². The topological polar surface area (TPSA) is 82.0 Å². The van der Waals surface area contributed by atoms with Crippen LogP contribution in [0, 0.1) is 0 Å². The van der Waals surface area contributed by atoms with Gasteiger partial charge in [0.2, 0.25) is 11.8 Å². The first kappa shape index (κ1) is 32.9. The zero-order valence-corrected chi connectivity index (χ0v) is 28.7. The van der Waals surface area contributed by atoms with E-state index in [0.29, 0.717) is 31.5 Å². The van der Waals surface area contributed by atoms with E-state index in [1.54, 1.807) is 0 Å². The molecular formula is C39H45N5O4. The van der Waals surface area contributed by atoms with E-state index in [-0.39, 0.29) is 18.2 Å². The zero-order chi connectivity index (χ0) is 33.8. The Morgan fingerprint density at radius 1 is 0.917 bits per heavy atom. The fourth-order valence-electron chi connectivity index (χ4n) is 6.22. The summed E-state index contributed by atoms with van der Waals surface area (Å²) in [5, 5.41) is 5.97. The van der Waals surface area contributed by atoms with Crippen molar-refractivity contribution in [2.45, 2.75) is 71.4 Å². The van der Waals surface area contributed by atoms with Crippen molar-refractivity contribution in [2.75, 3.05) is 18.5 Å². The Bertz CT molecular complexity index is 1850. The molecule has 0 aliphatic carbocycles. The number of fused-ring (bicyclic) bond motifs is 1. The van der Waals surface area contributed by atoms with Gasteiger partial charge in [-0.15, -0.1) is 0 Å². The maximum absolute atomic E-state index is 12.8. The minimum absolute atomic E-state index is 0.0783. The van der Waals surface area contributed by atoms with Crippen molar-refractivity contribution in [3.05, 3.63) is 102 Å². The van der Waals surface area contributed by atoms with Gasteiger partial charge in [-0.2, -0.15) is 10.1 Å². The molecule has 0 saturated carbocycles. The van der Waals surface area contributed by atoms with E-state index in [1.165, 1.54) is 0 Å². The van der Waals surface area contributed by atoms with Crippen LogP contribution in [0.1, 0.15) is 51.7 Å². The number of aromatic nitrogens is 3. The van der Waals surface area contributed by atoms with Gasteiger partial charge in [-0.25, -0.2) is 4.79 Å². The first-order valence-electron chi connectivity index (χ1n) is 16.6. The third kappa shape index (κ3) is 7.56. The highest BCUT2D eigenvalue weighted by molar-refractivity contribution is 5.96. The summed E-state index contributed by atoms with van der Waals surface area (Å²) in [6, 6.07) is 30.8. The maximum atomic E-state index is 12.8. The second kappa shape index (κ2) is 14.0. The van der Waals surface area contributed by atoms with Gasteiger partial charge in [-0.3, -0.25) is 4.68 Å². The minimum atomic E-state index is -0.509. The van der Waals surface area contributed by atoms with Crippen LogP contribution in [-0.2, 0) is 25.0 Å². The Morgan fingerprint density at radius 3 is 2.23 bits per heavy atom. The van der Waals surface area contributed by atoms with Gasteiger partial charge in [0.1, 0.15) is 24.5 Å². The molecule has 9 nitrogen and oxygen atoms in total. The normalized spacial score (nSPS) is 16.5. The average molecular weight is 648 g/mol. The zero-order valence-electron chi connectivity index (χ0n) is 28.7. The lowest BCUT2D eigenvalue weighted by Gasteiger charge is -2.42. The lowest BCUT2D eigenvalue weighted by Crippen LogP contribution is -2.51. The quantitative estimate of drug-likeness (QED) is 0.160. The van der Waals surface area contributed by atoms with Gasteiger partial charge < -0.3 is 24.0 Å². The molecule has 3 heterocycles. The summed E-state index contributed by atoms with van der Waals surface area (Å²) >= 11 is 0. The van der Waals surface area contributed by atoms with Gasteiger partial charge in [-0.1, -0.05) is 60.7 Å². The molecule has 1 fully saturated rings. The second-order valence-corrected chi connectivity index (χ2v) is 13.5. The molecule has 1 aliphatic rings. The monoisotopic (exact) mass is 647 g/mol. The highest BCUT2D eigenvalue weighted by atomic mass is 16.6. The molecule has 0 bridgehead atoms. The number of aryl methyl sites for hydroxylation is 1. The summed E-state index contributed by atoms with van der Waals surface area (Å²) in [5.74, 6) is 0.957. The van der Waals surface area contributed by atoms with Crippen molar-refractivity contribution in [2.24, 2.45) is 7.05 Å². The third-order valence-electron chi connectivity index (χ3n) is 8.80. The minimum Gasteiger partial charge on any atom is -0.473 e. The number of piperidine rings is 1. The predicted octanol–water partition coefficient (Wildman–Crippen LogP) is 8.02. The van der Waals surface area contributed by atoms with E-state index in [9.17, 15) is 4.79 Å². The predicted molar refractivity (Wildman–Crippen MR) is 189 cm³/mol. The van der Waals surface area contributed by atoms with Gasteiger partial charge >= 0.3 is 6.09 Å². The summed E-state index contributed by atoms with van der Waals surface area (Å²) < 4.78 is 20.0. The average Bonchev–Trinajstić information content (AvgIpc) is 3.41. The SMILES string of the molecule is C[C@H]1C[C@H](N(C)c2ccc3c(-c4ccc(OCc5ccccc5)nc4OCc4ccccc4)nn(C)c3c2)CCN1C(=O)OC(C)(C)C. The molecule has 48 heavy (non-hydrogen) atoms. The third-order valence-corrected chi connectivity index (χ3v) is 8.80. The molecule has 0 unspecified atom stereocenters. The fraction of sp³-hybridized carbons (Fsp3) is 0.359. The molecule has 1 aliphatic heterocycles. The molecule has 5 aromatic rings. The number of benzene rings is 3. The maximum Gasteiger partial charge on any atom is 0.410 e.